The van der Waals surface area contributed by atoms with Crippen molar-refractivity contribution in [3.63, 3.8) is 0 Å². The highest BCUT2D eigenvalue weighted by molar-refractivity contribution is 7.98. The lowest BCUT2D eigenvalue weighted by atomic mass is 10.1. The Bertz CT molecular complexity index is 493. The minimum Gasteiger partial charge on any atom is -0.324 e. The highest BCUT2D eigenvalue weighted by atomic mass is 32.2. The summed E-state index contributed by atoms with van der Waals surface area (Å²) in [5.74, 6) is 0.830. The minimum absolute atomic E-state index is 0.0760. The zero-order valence-electron chi connectivity index (χ0n) is 10.00. The molecule has 0 radical (unpaired) electrons. The molecule has 0 spiro atoms. The summed E-state index contributed by atoms with van der Waals surface area (Å²) in [6.07, 6.45) is 1.93. The van der Waals surface area contributed by atoms with E-state index in [9.17, 15) is 0 Å². The molecule has 2 aromatic rings. The van der Waals surface area contributed by atoms with E-state index in [0.717, 1.165) is 17.0 Å². The van der Waals surface area contributed by atoms with E-state index in [-0.39, 0.29) is 6.04 Å². The molecule has 1 heterocycles. The summed E-state index contributed by atoms with van der Waals surface area (Å²) in [4.78, 5) is 1.21. The Morgan fingerprint density at radius 3 is 2.94 bits per heavy atom. The van der Waals surface area contributed by atoms with Gasteiger partial charge < -0.3 is 5.73 Å². The van der Waals surface area contributed by atoms with E-state index in [0.29, 0.717) is 0 Å². The summed E-state index contributed by atoms with van der Waals surface area (Å²) in [6, 6.07) is 8.39. The Kier molecular flexibility index (Phi) is 3.81. The van der Waals surface area contributed by atoms with E-state index < -0.39 is 0 Å². The molecule has 1 aromatic carbocycles. The van der Waals surface area contributed by atoms with Crippen LogP contribution in [0.3, 0.4) is 0 Å². The van der Waals surface area contributed by atoms with E-state index in [1.54, 1.807) is 16.4 Å². The zero-order valence-corrected chi connectivity index (χ0v) is 10.8. The number of nitrogens with two attached hydrogens (primary N) is 1. The number of rotatable bonds is 4. The van der Waals surface area contributed by atoms with Crippen molar-refractivity contribution >= 4 is 11.8 Å². The minimum atomic E-state index is 0.0760. The van der Waals surface area contributed by atoms with Crippen LogP contribution in [-0.4, -0.2) is 15.0 Å². The SMILES string of the molecule is CC(N)c1cccc(SCc2cn(C)nn2)c1. The van der Waals surface area contributed by atoms with Crippen LogP contribution in [0.4, 0.5) is 0 Å². The first-order valence-corrected chi connectivity index (χ1v) is 6.47. The van der Waals surface area contributed by atoms with Gasteiger partial charge in [-0.2, -0.15) is 0 Å². The van der Waals surface area contributed by atoms with Crippen molar-refractivity contribution in [2.45, 2.75) is 23.6 Å². The molecule has 0 amide bonds. The Balaban J connectivity index is 2.01. The average molecular weight is 248 g/mol. The molecule has 5 heteroatoms. The lowest BCUT2D eigenvalue weighted by molar-refractivity contribution is 0.714. The van der Waals surface area contributed by atoms with Gasteiger partial charge in [0.25, 0.3) is 0 Å². The average Bonchev–Trinajstić information content (AvgIpc) is 2.73. The van der Waals surface area contributed by atoms with Gasteiger partial charge in [0.05, 0.1) is 5.69 Å². The van der Waals surface area contributed by atoms with Crippen molar-refractivity contribution in [3.05, 3.63) is 41.7 Å². The van der Waals surface area contributed by atoms with Gasteiger partial charge in [0.2, 0.25) is 0 Å². The fraction of sp³-hybridized carbons (Fsp3) is 0.333. The van der Waals surface area contributed by atoms with Gasteiger partial charge in [-0.3, -0.25) is 4.68 Å². The van der Waals surface area contributed by atoms with E-state index >= 15 is 0 Å². The van der Waals surface area contributed by atoms with E-state index in [2.05, 4.69) is 28.5 Å². The Morgan fingerprint density at radius 2 is 2.29 bits per heavy atom. The highest BCUT2D eigenvalue weighted by Crippen LogP contribution is 2.24. The molecule has 0 aliphatic rings. The molecular weight excluding hydrogens is 232 g/mol. The maximum Gasteiger partial charge on any atom is 0.0929 e. The molecule has 1 aromatic heterocycles. The molecule has 0 aliphatic carbocycles. The summed E-state index contributed by atoms with van der Waals surface area (Å²) >= 11 is 1.75. The van der Waals surface area contributed by atoms with Crippen molar-refractivity contribution in [1.82, 2.24) is 15.0 Å². The van der Waals surface area contributed by atoms with Gasteiger partial charge in [-0.25, -0.2) is 0 Å². The third-order valence-corrected chi connectivity index (χ3v) is 3.45. The Morgan fingerprint density at radius 1 is 1.47 bits per heavy atom. The van der Waals surface area contributed by atoms with Crippen LogP contribution in [0.5, 0.6) is 0 Å². The molecule has 0 saturated heterocycles. The van der Waals surface area contributed by atoms with Crippen LogP contribution >= 0.6 is 11.8 Å². The third-order valence-electron chi connectivity index (χ3n) is 2.42. The Labute approximate surface area is 105 Å². The first kappa shape index (κ1) is 12.1. The van der Waals surface area contributed by atoms with Crippen LogP contribution in [0.1, 0.15) is 24.2 Å². The fourth-order valence-corrected chi connectivity index (χ4v) is 2.35. The molecule has 1 unspecified atom stereocenters. The van der Waals surface area contributed by atoms with Crippen LogP contribution < -0.4 is 5.73 Å². The third kappa shape index (κ3) is 3.31. The number of hydrogen-bond acceptors (Lipinski definition) is 4. The van der Waals surface area contributed by atoms with Gasteiger partial charge in [-0.05, 0) is 24.6 Å². The van der Waals surface area contributed by atoms with Crippen molar-refractivity contribution in [1.29, 1.82) is 0 Å². The first-order chi connectivity index (χ1) is 8.15. The molecule has 0 aliphatic heterocycles. The number of aryl methyl sites for hydroxylation is 1. The van der Waals surface area contributed by atoms with Gasteiger partial charge in [-0.15, -0.1) is 16.9 Å². The van der Waals surface area contributed by atoms with Gasteiger partial charge in [0.15, 0.2) is 0 Å². The molecule has 1 atom stereocenters. The summed E-state index contributed by atoms with van der Waals surface area (Å²) in [7, 11) is 1.87. The molecule has 0 bridgehead atoms. The van der Waals surface area contributed by atoms with E-state index in [4.69, 9.17) is 5.73 Å². The van der Waals surface area contributed by atoms with Gasteiger partial charge in [0, 0.05) is 29.9 Å². The number of hydrogen-bond donors (Lipinski definition) is 1. The van der Waals surface area contributed by atoms with Gasteiger partial charge in [0.1, 0.15) is 0 Å². The quantitative estimate of drug-likeness (QED) is 0.842. The van der Waals surface area contributed by atoms with Gasteiger partial charge >= 0.3 is 0 Å². The molecule has 2 N–H and O–H groups in total. The lowest BCUT2D eigenvalue weighted by Gasteiger charge is -2.07. The Hall–Kier alpha value is -1.33. The lowest BCUT2D eigenvalue weighted by Crippen LogP contribution is -2.04. The topological polar surface area (TPSA) is 56.7 Å². The van der Waals surface area contributed by atoms with Crippen molar-refractivity contribution in [2.75, 3.05) is 0 Å². The molecule has 90 valence electrons. The van der Waals surface area contributed by atoms with Crippen LogP contribution in [-0.2, 0) is 12.8 Å². The van der Waals surface area contributed by atoms with Crippen molar-refractivity contribution in [2.24, 2.45) is 12.8 Å². The number of aromatic nitrogens is 3. The summed E-state index contributed by atoms with van der Waals surface area (Å²) in [5.41, 5.74) is 8.01. The van der Waals surface area contributed by atoms with Crippen LogP contribution in [0.15, 0.2) is 35.4 Å². The molecule has 4 nitrogen and oxygen atoms in total. The zero-order chi connectivity index (χ0) is 12.3. The summed E-state index contributed by atoms with van der Waals surface area (Å²) in [5, 5.41) is 7.96. The number of thioether (sulfide) groups is 1. The van der Waals surface area contributed by atoms with Crippen LogP contribution in [0.2, 0.25) is 0 Å². The fourth-order valence-electron chi connectivity index (χ4n) is 1.51. The second-order valence-corrected chi connectivity index (χ2v) is 5.08. The monoisotopic (exact) mass is 248 g/mol. The van der Waals surface area contributed by atoms with E-state index in [1.807, 2.05) is 26.2 Å². The smallest absolute Gasteiger partial charge is 0.0929 e. The highest BCUT2D eigenvalue weighted by Gasteiger charge is 2.03. The largest absolute Gasteiger partial charge is 0.324 e. The van der Waals surface area contributed by atoms with Crippen molar-refractivity contribution < 1.29 is 0 Å². The van der Waals surface area contributed by atoms with Crippen LogP contribution in [0, 0.1) is 0 Å². The predicted molar refractivity (Wildman–Crippen MR) is 69.6 cm³/mol. The molecule has 2 rings (SSSR count). The second-order valence-electron chi connectivity index (χ2n) is 4.03. The second kappa shape index (κ2) is 5.33. The number of nitrogens with zero attached hydrogens (tertiary/aromatic N) is 3. The maximum absolute atomic E-state index is 5.86. The van der Waals surface area contributed by atoms with E-state index in [1.165, 1.54) is 4.90 Å². The molecule has 0 fully saturated rings. The normalized spacial score (nSPS) is 12.6. The van der Waals surface area contributed by atoms with Gasteiger partial charge in [-0.1, -0.05) is 17.3 Å². The summed E-state index contributed by atoms with van der Waals surface area (Å²) < 4.78 is 1.72. The predicted octanol–water partition coefficient (Wildman–Crippen LogP) is 2.13. The molecule has 0 saturated carbocycles. The standard InChI is InChI=1S/C12H16N4S/c1-9(13)10-4-3-5-12(6-10)17-8-11-7-16(2)15-14-11/h3-7,9H,8,13H2,1-2H3. The van der Waals surface area contributed by atoms with Crippen molar-refractivity contribution in [3.8, 4) is 0 Å². The first-order valence-electron chi connectivity index (χ1n) is 5.48. The molecular formula is C12H16N4S. The maximum atomic E-state index is 5.86. The summed E-state index contributed by atoms with van der Waals surface area (Å²) in [6.45, 7) is 1.99. The molecule has 17 heavy (non-hydrogen) atoms. The van der Waals surface area contributed by atoms with Crippen LogP contribution in [0.25, 0.3) is 0 Å². The number of benzene rings is 1.